The number of thioether (sulfide) groups is 1. The SMILES string of the molecule is CCCCOC(=O)C(CCSC)NC(=O)C(CC(C)C)NC(C)=O. The average molecular weight is 361 g/mol. The molecule has 7 heteroatoms. The van der Waals surface area contributed by atoms with Crippen molar-refractivity contribution >= 4 is 29.5 Å². The van der Waals surface area contributed by atoms with Crippen LogP contribution in [0.2, 0.25) is 0 Å². The Balaban J connectivity index is 4.83. The zero-order valence-electron chi connectivity index (χ0n) is 15.5. The zero-order valence-corrected chi connectivity index (χ0v) is 16.3. The number of hydrogen-bond donors (Lipinski definition) is 2. The summed E-state index contributed by atoms with van der Waals surface area (Å²) >= 11 is 1.60. The van der Waals surface area contributed by atoms with Crippen LogP contribution in [0.25, 0.3) is 0 Å². The van der Waals surface area contributed by atoms with Gasteiger partial charge < -0.3 is 15.4 Å². The molecule has 0 aromatic heterocycles. The van der Waals surface area contributed by atoms with Crippen LogP contribution in [0.3, 0.4) is 0 Å². The molecular weight excluding hydrogens is 328 g/mol. The molecule has 0 saturated carbocycles. The largest absolute Gasteiger partial charge is 0.464 e. The van der Waals surface area contributed by atoms with Crippen molar-refractivity contribution in [2.75, 3.05) is 18.6 Å². The van der Waals surface area contributed by atoms with Crippen LogP contribution in [0.5, 0.6) is 0 Å². The number of unbranched alkanes of at least 4 members (excludes halogenated alkanes) is 1. The second kappa shape index (κ2) is 13.1. The van der Waals surface area contributed by atoms with Gasteiger partial charge in [-0.15, -0.1) is 0 Å². The number of nitrogens with one attached hydrogen (secondary N) is 2. The Hall–Kier alpha value is -1.24. The Labute approximate surface area is 149 Å². The molecular formula is C17H32N2O4S. The van der Waals surface area contributed by atoms with Gasteiger partial charge in [-0.2, -0.15) is 11.8 Å². The van der Waals surface area contributed by atoms with Gasteiger partial charge in [0, 0.05) is 6.92 Å². The fourth-order valence-corrected chi connectivity index (χ4v) is 2.59. The van der Waals surface area contributed by atoms with Crippen LogP contribution in [-0.4, -0.2) is 48.5 Å². The van der Waals surface area contributed by atoms with Crippen molar-refractivity contribution in [1.82, 2.24) is 10.6 Å². The highest BCUT2D eigenvalue weighted by Gasteiger charge is 2.27. The maximum Gasteiger partial charge on any atom is 0.328 e. The minimum absolute atomic E-state index is 0.244. The summed E-state index contributed by atoms with van der Waals surface area (Å²) in [6.45, 7) is 7.72. The summed E-state index contributed by atoms with van der Waals surface area (Å²) in [4.78, 5) is 36.0. The fourth-order valence-electron chi connectivity index (χ4n) is 2.12. The van der Waals surface area contributed by atoms with Gasteiger partial charge in [-0.3, -0.25) is 9.59 Å². The van der Waals surface area contributed by atoms with Crippen molar-refractivity contribution in [1.29, 1.82) is 0 Å². The number of carbonyl (C=O) groups is 3. The fraction of sp³-hybridized carbons (Fsp3) is 0.824. The van der Waals surface area contributed by atoms with Gasteiger partial charge in [-0.1, -0.05) is 27.2 Å². The van der Waals surface area contributed by atoms with E-state index in [9.17, 15) is 14.4 Å². The summed E-state index contributed by atoms with van der Waals surface area (Å²) < 4.78 is 5.23. The van der Waals surface area contributed by atoms with E-state index in [1.54, 1.807) is 11.8 Å². The molecule has 0 radical (unpaired) electrons. The molecule has 0 fully saturated rings. The first-order valence-corrected chi connectivity index (χ1v) is 9.94. The molecule has 0 heterocycles. The maximum absolute atomic E-state index is 12.5. The van der Waals surface area contributed by atoms with E-state index in [4.69, 9.17) is 4.74 Å². The van der Waals surface area contributed by atoms with Crippen molar-refractivity contribution in [3.63, 3.8) is 0 Å². The summed E-state index contributed by atoms with van der Waals surface area (Å²) in [5.74, 6) is -0.0202. The third-order valence-electron chi connectivity index (χ3n) is 3.35. The number of rotatable bonds is 12. The van der Waals surface area contributed by atoms with E-state index in [2.05, 4.69) is 10.6 Å². The summed E-state index contributed by atoms with van der Waals surface area (Å²) in [6, 6.07) is -1.31. The van der Waals surface area contributed by atoms with Gasteiger partial charge in [0.25, 0.3) is 0 Å². The lowest BCUT2D eigenvalue weighted by Crippen LogP contribution is -2.52. The van der Waals surface area contributed by atoms with Crippen molar-refractivity contribution in [2.45, 2.75) is 65.5 Å². The molecule has 0 aliphatic rings. The van der Waals surface area contributed by atoms with Gasteiger partial charge in [0.05, 0.1) is 6.61 Å². The molecule has 0 aliphatic carbocycles. The predicted molar refractivity (Wildman–Crippen MR) is 97.9 cm³/mol. The highest BCUT2D eigenvalue weighted by Crippen LogP contribution is 2.08. The first kappa shape index (κ1) is 22.8. The van der Waals surface area contributed by atoms with Gasteiger partial charge in [-0.05, 0) is 37.2 Å². The van der Waals surface area contributed by atoms with Crippen molar-refractivity contribution in [2.24, 2.45) is 5.92 Å². The van der Waals surface area contributed by atoms with Gasteiger partial charge in [-0.25, -0.2) is 4.79 Å². The van der Waals surface area contributed by atoms with E-state index in [0.29, 0.717) is 19.4 Å². The van der Waals surface area contributed by atoms with Crippen LogP contribution in [0.1, 0.15) is 53.4 Å². The number of ether oxygens (including phenoxy) is 1. The Morgan fingerprint density at radius 3 is 2.29 bits per heavy atom. The minimum atomic E-state index is -0.676. The van der Waals surface area contributed by atoms with Crippen LogP contribution in [-0.2, 0) is 19.1 Å². The molecule has 0 saturated heterocycles. The molecule has 2 atom stereocenters. The van der Waals surface area contributed by atoms with Crippen molar-refractivity contribution in [3.05, 3.63) is 0 Å². The predicted octanol–water partition coefficient (Wildman–Crippen LogP) is 2.12. The number of carbonyl (C=O) groups excluding carboxylic acids is 3. The lowest BCUT2D eigenvalue weighted by Gasteiger charge is -2.23. The molecule has 2 amide bonds. The second-order valence-electron chi connectivity index (χ2n) is 6.25. The van der Waals surface area contributed by atoms with Crippen molar-refractivity contribution in [3.8, 4) is 0 Å². The first-order chi connectivity index (χ1) is 11.3. The van der Waals surface area contributed by atoms with Crippen molar-refractivity contribution < 1.29 is 19.1 Å². The molecule has 0 bridgehead atoms. The highest BCUT2D eigenvalue weighted by molar-refractivity contribution is 7.98. The Morgan fingerprint density at radius 2 is 1.79 bits per heavy atom. The van der Waals surface area contributed by atoms with E-state index in [1.165, 1.54) is 6.92 Å². The summed E-state index contributed by atoms with van der Waals surface area (Å²) in [6.07, 6.45) is 4.71. The van der Waals surface area contributed by atoms with E-state index < -0.39 is 18.1 Å². The van der Waals surface area contributed by atoms with Crippen LogP contribution in [0.4, 0.5) is 0 Å². The average Bonchev–Trinajstić information content (AvgIpc) is 2.49. The van der Waals surface area contributed by atoms with Gasteiger partial charge >= 0.3 is 5.97 Å². The number of hydrogen-bond acceptors (Lipinski definition) is 5. The molecule has 24 heavy (non-hydrogen) atoms. The molecule has 140 valence electrons. The smallest absolute Gasteiger partial charge is 0.328 e. The van der Waals surface area contributed by atoms with Crippen LogP contribution in [0, 0.1) is 5.92 Å². The maximum atomic E-state index is 12.5. The normalized spacial score (nSPS) is 13.2. The monoisotopic (exact) mass is 360 g/mol. The summed E-state index contributed by atoms with van der Waals surface area (Å²) in [5, 5.41) is 5.40. The van der Waals surface area contributed by atoms with Gasteiger partial charge in [0.2, 0.25) is 11.8 Å². The summed E-state index contributed by atoms with van der Waals surface area (Å²) in [7, 11) is 0. The molecule has 0 aromatic rings. The van der Waals surface area contributed by atoms with E-state index in [1.807, 2.05) is 27.0 Å². The molecule has 2 unspecified atom stereocenters. The molecule has 0 aromatic carbocycles. The quantitative estimate of drug-likeness (QED) is 0.411. The molecule has 0 spiro atoms. The lowest BCUT2D eigenvalue weighted by molar-refractivity contribution is -0.148. The van der Waals surface area contributed by atoms with Gasteiger partial charge in [0.1, 0.15) is 12.1 Å². The molecule has 6 nitrogen and oxygen atoms in total. The summed E-state index contributed by atoms with van der Waals surface area (Å²) in [5.41, 5.74) is 0. The van der Waals surface area contributed by atoms with E-state index in [0.717, 1.165) is 18.6 Å². The van der Waals surface area contributed by atoms with E-state index in [-0.39, 0.29) is 17.7 Å². The lowest BCUT2D eigenvalue weighted by atomic mass is 10.0. The zero-order chi connectivity index (χ0) is 18.5. The number of esters is 1. The third kappa shape index (κ3) is 10.5. The first-order valence-electron chi connectivity index (χ1n) is 8.54. The number of amides is 2. The van der Waals surface area contributed by atoms with Crippen LogP contribution in [0.15, 0.2) is 0 Å². The topological polar surface area (TPSA) is 84.5 Å². The minimum Gasteiger partial charge on any atom is -0.464 e. The van der Waals surface area contributed by atoms with Crippen LogP contribution < -0.4 is 10.6 Å². The Kier molecular flexibility index (Phi) is 12.4. The highest BCUT2D eigenvalue weighted by atomic mass is 32.2. The Morgan fingerprint density at radius 1 is 1.12 bits per heavy atom. The van der Waals surface area contributed by atoms with Gasteiger partial charge in [0.15, 0.2) is 0 Å². The van der Waals surface area contributed by atoms with E-state index >= 15 is 0 Å². The second-order valence-corrected chi connectivity index (χ2v) is 7.23. The molecule has 0 aliphatic heterocycles. The Bertz CT molecular complexity index is 402. The van der Waals surface area contributed by atoms with Crippen LogP contribution >= 0.6 is 11.8 Å². The standard InChI is InChI=1S/C17H32N2O4S/c1-6-7-9-23-17(22)14(8-10-24-5)19-16(21)15(11-12(2)3)18-13(4)20/h12,14-15H,6-11H2,1-5H3,(H,18,20)(H,19,21). The third-order valence-corrected chi connectivity index (χ3v) is 4.00. The molecule has 2 N–H and O–H groups in total. The molecule has 0 rings (SSSR count).